The number of aryl methyl sites for hydroxylation is 1. The van der Waals surface area contributed by atoms with Gasteiger partial charge in [0.25, 0.3) is 0 Å². The highest BCUT2D eigenvalue weighted by molar-refractivity contribution is 5.91. The quantitative estimate of drug-likeness (QED) is 0.533. The molecule has 2 aromatic rings. The Balaban J connectivity index is 1.89. The van der Waals surface area contributed by atoms with Gasteiger partial charge in [0, 0.05) is 12.6 Å². The van der Waals surface area contributed by atoms with E-state index in [2.05, 4.69) is 12.2 Å². The van der Waals surface area contributed by atoms with Crippen molar-refractivity contribution in [3.63, 3.8) is 0 Å². The van der Waals surface area contributed by atoms with Gasteiger partial charge in [-0.25, -0.2) is 0 Å². The lowest BCUT2D eigenvalue weighted by molar-refractivity contribution is -0.116. The maximum Gasteiger partial charge on any atom is 0.244 e. The summed E-state index contributed by atoms with van der Waals surface area (Å²) in [6.45, 7) is 5.27. The van der Waals surface area contributed by atoms with Gasteiger partial charge in [-0.1, -0.05) is 49.2 Å². The summed E-state index contributed by atoms with van der Waals surface area (Å²) in [6, 6.07) is 13.7. The van der Waals surface area contributed by atoms with Crippen molar-refractivity contribution in [1.29, 1.82) is 0 Å². The number of rotatable bonds is 9. The van der Waals surface area contributed by atoms with Crippen LogP contribution in [0.4, 0.5) is 0 Å². The third-order valence-corrected chi connectivity index (χ3v) is 3.95. The Bertz CT molecular complexity index is 736. The number of benzene rings is 2. The summed E-state index contributed by atoms with van der Waals surface area (Å²) < 4.78 is 11.1. The van der Waals surface area contributed by atoms with Crippen LogP contribution in [0.25, 0.3) is 6.08 Å². The molecule has 0 radical (unpaired) electrons. The molecule has 0 atom stereocenters. The Morgan fingerprint density at radius 3 is 2.58 bits per heavy atom. The molecule has 1 N–H and O–H groups in total. The molecule has 138 valence electrons. The average molecular weight is 353 g/mol. The highest BCUT2D eigenvalue weighted by Crippen LogP contribution is 2.28. The summed E-state index contributed by atoms with van der Waals surface area (Å²) in [6.07, 6.45) is 5.45. The van der Waals surface area contributed by atoms with Crippen LogP contribution in [0.15, 0.2) is 48.5 Å². The third-order valence-electron chi connectivity index (χ3n) is 3.95. The van der Waals surface area contributed by atoms with E-state index in [1.54, 1.807) is 19.3 Å². The van der Waals surface area contributed by atoms with Crippen LogP contribution in [0.1, 0.15) is 36.5 Å². The van der Waals surface area contributed by atoms with Crippen molar-refractivity contribution in [2.24, 2.45) is 0 Å². The molecule has 4 nitrogen and oxygen atoms in total. The van der Waals surface area contributed by atoms with E-state index >= 15 is 0 Å². The van der Waals surface area contributed by atoms with Gasteiger partial charge in [0.2, 0.25) is 5.91 Å². The number of hydrogen-bond donors (Lipinski definition) is 1. The molecule has 2 rings (SSSR count). The zero-order valence-electron chi connectivity index (χ0n) is 15.7. The van der Waals surface area contributed by atoms with Crippen LogP contribution < -0.4 is 14.8 Å². The lowest BCUT2D eigenvalue weighted by Crippen LogP contribution is -2.20. The Morgan fingerprint density at radius 1 is 1.12 bits per heavy atom. The van der Waals surface area contributed by atoms with Crippen LogP contribution in [-0.2, 0) is 11.3 Å². The van der Waals surface area contributed by atoms with E-state index < -0.39 is 0 Å². The van der Waals surface area contributed by atoms with E-state index in [1.807, 2.05) is 49.4 Å². The van der Waals surface area contributed by atoms with Crippen molar-refractivity contribution in [1.82, 2.24) is 5.32 Å². The first-order valence-corrected chi connectivity index (χ1v) is 8.94. The molecule has 0 aliphatic rings. The van der Waals surface area contributed by atoms with E-state index in [-0.39, 0.29) is 5.91 Å². The van der Waals surface area contributed by atoms with Crippen LogP contribution in [0.3, 0.4) is 0 Å². The van der Waals surface area contributed by atoms with Crippen molar-refractivity contribution in [3.8, 4) is 11.5 Å². The standard InChI is InChI=1S/C22H27NO3/c1-4-5-14-26-20-12-10-19(15-21(20)25-3)16-23-22(24)13-11-18-8-6-17(2)7-9-18/h6-13,15H,4-5,14,16H2,1-3H3,(H,23,24)/b13-11+. The maximum absolute atomic E-state index is 12.0. The van der Waals surface area contributed by atoms with E-state index in [4.69, 9.17) is 9.47 Å². The predicted octanol–water partition coefficient (Wildman–Crippen LogP) is 4.51. The molecule has 0 aliphatic heterocycles. The first-order valence-electron chi connectivity index (χ1n) is 8.94. The van der Waals surface area contributed by atoms with E-state index in [9.17, 15) is 4.79 Å². The zero-order chi connectivity index (χ0) is 18.8. The number of unbranched alkanes of at least 4 members (excludes halogenated alkanes) is 1. The fourth-order valence-corrected chi connectivity index (χ4v) is 2.37. The van der Waals surface area contributed by atoms with Crippen LogP contribution in [-0.4, -0.2) is 19.6 Å². The van der Waals surface area contributed by atoms with Gasteiger partial charge in [-0.3, -0.25) is 4.79 Å². The van der Waals surface area contributed by atoms with Gasteiger partial charge < -0.3 is 14.8 Å². The van der Waals surface area contributed by atoms with Crippen LogP contribution in [0.2, 0.25) is 0 Å². The molecule has 4 heteroatoms. The van der Waals surface area contributed by atoms with E-state index in [0.29, 0.717) is 18.9 Å². The second-order valence-corrected chi connectivity index (χ2v) is 6.15. The number of carbonyl (C=O) groups excluding carboxylic acids is 1. The Morgan fingerprint density at radius 2 is 1.88 bits per heavy atom. The molecule has 0 heterocycles. The van der Waals surface area contributed by atoms with E-state index in [1.165, 1.54) is 5.56 Å². The predicted molar refractivity (Wildman–Crippen MR) is 105 cm³/mol. The van der Waals surface area contributed by atoms with Gasteiger partial charge in [-0.05, 0) is 42.7 Å². The molecule has 0 spiro atoms. The second-order valence-electron chi connectivity index (χ2n) is 6.15. The first kappa shape index (κ1) is 19.6. The fraction of sp³-hybridized carbons (Fsp3) is 0.318. The number of ether oxygens (including phenoxy) is 2. The molecule has 0 fully saturated rings. The van der Waals surface area contributed by atoms with Crippen molar-refractivity contribution in [2.75, 3.05) is 13.7 Å². The highest BCUT2D eigenvalue weighted by Gasteiger charge is 2.06. The van der Waals surface area contributed by atoms with Crippen molar-refractivity contribution < 1.29 is 14.3 Å². The monoisotopic (exact) mass is 353 g/mol. The number of amides is 1. The summed E-state index contributed by atoms with van der Waals surface area (Å²) in [5.74, 6) is 1.28. The minimum absolute atomic E-state index is 0.132. The molecule has 0 unspecified atom stereocenters. The summed E-state index contributed by atoms with van der Waals surface area (Å²) in [7, 11) is 1.62. The fourth-order valence-electron chi connectivity index (χ4n) is 2.37. The number of carbonyl (C=O) groups is 1. The van der Waals surface area contributed by atoms with Crippen molar-refractivity contribution >= 4 is 12.0 Å². The smallest absolute Gasteiger partial charge is 0.244 e. The summed E-state index contributed by atoms with van der Waals surface area (Å²) in [5, 5.41) is 2.88. The van der Waals surface area contributed by atoms with Gasteiger partial charge in [0.1, 0.15) is 0 Å². The van der Waals surface area contributed by atoms with Crippen LogP contribution in [0, 0.1) is 6.92 Å². The van der Waals surface area contributed by atoms with Crippen LogP contribution >= 0.6 is 0 Å². The normalized spacial score (nSPS) is 10.7. The zero-order valence-corrected chi connectivity index (χ0v) is 15.7. The molecular formula is C22H27NO3. The van der Waals surface area contributed by atoms with Gasteiger partial charge in [-0.2, -0.15) is 0 Å². The Labute approximate surface area is 155 Å². The number of methoxy groups -OCH3 is 1. The molecular weight excluding hydrogens is 326 g/mol. The van der Waals surface area contributed by atoms with Gasteiger partial charge in [-0.15, -0.1) is 0 Å². The third kappa shape index (κ3) is 6.28. The SMILES string of the molecule is CCCCOc1ccc(CNC(=O)/C=C/c2ccc(C)cc2)cc1OC. The molecule has 0 aliphatic carbocycles. The molecule has 26 heavy (non-hydrogen) atoms. The average Bonchev–Trinajstić information content (AvgIpc) is 2.66. The largest absolute Gasteiger partial charge is 0.493 e. The lowest BCUT2D eigenvalue weighted by atomic mass is 10.1. The first-order chi connectivity index (χ1) is 12.6. The molecule has 0 bridgehead atoms. The summed E-state index contributed by atoms with van der Waals surface area (Å²) in [5.41, 5.74) is 3.16. The topological polar surface area (TPSA) is 47.6 Å². The number of nitrogens with one attached hydrogen (secondary N) is 1. The molecule has 0 saturated heterocycles. The maximum atomic E-state index is 12.0. The lowest BCUT2D eigenvalue weighted by Gasteiger charge is -2.12. The summed E-state index contributed by atoms with van der Waals surface area (Å²) >= 11 is 0. The Hall–Kier alpha value is -2.75. The number of hydrogen-bond acceptors (Lipinski definition) is 3. The highest BCUT2D eigenvalue weighted by atomic mass is 16.5. The minimum atomic E-state index is -0.132. The molecule has 1 amide bonds. The van der Waals surface area contributed by atoms with Crippen molar-refractivity contribution in [2.45, 2.75) is 33.2 Å². The van der Waals surface area contributed by atoms with Crippen molar-refractivity contribution in [3.05, 3.63) is 65.2 Å². The van der Waals surface area contributed by atoms with Crippen LogP contribution in [0.5, 0.6) is 11.5 Å². The minimum Gasteiger partial charge on any atom is -0.493 e. The molecule has 2 aromatic carbocycles. The molecule has 0 saturated carbocycles. The van der Waals surface area contributed by atoms with Gasteiger partial charge >= 0.3 is 0 Å². The Kier molecular flexibility index (Phi) is 7.75. The second kappa shape index (κ2) is 10.3. The summed E-state index contributed by atoms with van der Waals surface area (Å²) in [4.78, 5) is 12.0. The van der Waals surface area contributed by atoms with Gasteiger partial charge in [0.15, 0.2) is 11.5 Å². The van der Waals surface area contributed by atoms with E-state index in [0.717, 1.165) is 29.7 Å². The molecule has 0 aromatic heterocycles. The van der Waals surface area contributed by atoms with Gasteiger partial charge in [0.05, 0.1) is 13.7 Å².